The number of rotatable bonds is 0. The van der Waals surface area contributed by atoms with Gasteiger partial charge in [-0.25, -0.2) is 0 Å². The topological polar surface area (TPSA) is 98.8 Å². The minimum atomic E-state index is -0.655. The molecule has 0 aromatic heterocycles. The van der Waals surface area contributed by atoms with E-state index in [9.17, 15) is 24.9 Å². The Bertz CT molecular complexity index is 1110. The predicted octanol–water partition coefficient (Wildman–Crippen LogP) is 2.73. The molecule has 0 radical (unpaired) electrons. The summed E-state index contributed by atoms with van der Waals surface area (Å²) in [6, 6.07) is 12.7. The van der Waals surface area contributed by atoms with Crippen LogP contribution in [-0.2, 0) is 0 Å². The zero-order valence-corrected chi connectivity index (χ0v) is 12.1. The highest BCUT2D eigenvalue weighted by molar-refractivity contribution is 6.55. The highest BCUT2D eigenvalue weighted by Crippen LogP contribution is 2.46. The molecule has 2 aromatic carbocycles. The van der Waals surface area contributed by atoms with Gasteiger partial charge in [-0.05, 0) is 5.56 Å². The molecule has 0 heterocycles. The molecular weight excluding hydrogens is 304 g/mol. The first kappa shape index (κ1) is 13.8. The monoisotopic (exact) mass is 310 g/mol. The number of Topliss-reactive ketones (excluding diaryl/α,β-unsaturated/α-hetero) is 3. The van der Waals surface area contributed by atoms with Crippen LogP contribution in [0.3, 0.4) is 0 Å². The maximum Gasteiger partial charge on any atom is 0.234 e. The van der Waals surface area contributed by atoms with Crippen molar-refractivity contribution in [3.05, 3.63) is 64.2 Å². The van der Waals surface area contributed by atoms with Gasteiger partial charge in [-0.1, -0.05) is 36.4 Å². The Labute approximate surface area is 136 Å². The van der Waals surface area contributed by atoms with Crippen LogP contribution in [0.4, 0.5) is 0 Å². The summed E-state index contributed by atoms with van der Waals surface area (Å²) < 4.78 is 0. The highest BCUT2D eigenvalue weighted by atomic mass is 16.2. The Morgan fingerprint density at radius 2 is 1.08 bits per heavy atom. The Hall–Kier alpha value is -3.83. The fourth-order valence-corrected chi connectivity index (χ4v) is 3.31. The smallest absolute Gasteiger partial charge is 0.234 e. The van der Waals surface area contributed by atoms with Gasteiger partial charge in [-0.15, -0.1) is 0 Å². The van der Waals surface area contributed by atoms with Crippen molar-refractivity contribution in [2.45, 2.75) is 0 Å². The molecular formula is C19H6N2O3. The lowest BCUT2D eigenvalue weighted by Gasteiger charge is -2.28. The normalized spacial score (nSPS) is 13.9. The second-order valence-electron chi connectivity index (χ2n) is 5.42. The van der Waals surface area contributed by atoms with E-state index in [4.69, 9.17) is 0 Å². The number of carbonyl (C=O) groups excluding carboxylic acids is 3. The second kappa shape index (κ2) is 4.58. The zero-order chi connectivity index (χ0) is 17.0. The fraction of sp³-hybridized carbons (Fsp3) is 0. The molecule has 5 heteroatoms. The van der Waals surface area contributed by atoms with Crippen molar-refractivity contribution in [1.82, 2.24) is 0 Å². The quantitative estimate of drug-likeness (QED) is 0.423. The van der Waals surface area contributed by atoms with E-state index >= 15 is 0 Å². The van der Waals surface area contributed by atoms with Crippen molar-refractivity contribution in [2.75, 3.05) is 0 Å². The molecule has 0 bridgehead atoms. The van der Waals surface area contributed by atoms with Gasteiger partial charge in [0.1, 0.15) is 17.7 Å². The third-order valence-corrected chi connectivity index (χ3v) is 4.29. The predicted molar refractivity (Wildman–Crippen MR) is 83.0 cm³/mol. The van der Waals surface area contributed by atoms with Gasteiger partial charge in [0.15, 0.2) is 5.78 Å². The number of nitrogens with zero attached hydrogens (tertiary/aromatic N) is 2. The van der Waals surface area contributed by atoms with Crippen LogP contribution in [0.5, 0.6) is 0 Å². The lowest BCUT2D eigenvalue weighted by molar-refractivity contribution is 0.0815. The van der Waals surface area contributed by atoms with Gasteiger partial charge in [0.25, 0.3) is 0 Å². The van der Waals surface area contributed by atoms with Gasteiger partial charge in [0, 0.05) is 27.8 Å². The number of allylic oxidation sites excluding steroid dienone is 2. The lowest BCUT2D eigenvalue weighted by Crippen LogP contribution is -2.26. The van der Waals surface area contributed by atoms with Crippen molar-refractivity contribution in [3.63, 3.8) is 0 Å². The lowest BCUT2D eigenvalue weighted by atomic mass is 9.72. The molecule has 0 spiro atoms. The molecule has 2 aliphatic carbocycles. The Morgan fingerprint density at radius 3 is 1.58 bits per heavy atom. The first-order valence-corrected chi connectivity index (χ1v) is 7.05. The van der Waals surface area contributed by atoms with Crippen LogP contribution in [0.1, 0.15) is 36.6 Å². The molecule has 0 N–H and O–H groups in total. The molecule has 0 atom stereocenters. The molecule has 0 fully saturated rings. The van der Waals surface area contributed by atoms with Crippen LogP contribution in [0.15, 0.2) is 42.0 Å². The Balaban J connectivity index is 2.27. The molecule has 110 valence electrons. The first-order valence-electron chi connectivity index (χ1n) is 7.05. The van der Waals surface area contributed by atoms with Crippen molar-refractivity contribution < 1.29 is 14.4 Å². The van der Waals surface area contributed by atoms with Gasteiger partial charge < -0.3 is 0 Å². The minimum Gasteiger partial charge on any atom is -0.288 e. The minimum absolute atomic E-state index is 0.0244. The zero-order valence-electron chi connectivity index (χ0n) is 12.1. The summed E-state index contributed by atoms with van der Waals surface area (Å²) in [4.78, 5) is 37.6. The van der Waals surface area contributed by atoms with Gasteiger partial charge in [-0.3, -0.25) is 14.4 Å². The number of hydrogen-bond acceptors (Lipinski definition) is 5. The number of hydrogen-bond donors (Lipinski definition) is 0. The van der Waals surface area contributed by atoms with Crippen molar-refractivity contribution >= 4 is 22.9 Å². The van der Waals surface area contributed by atoms with E-state index in [1.165, 1.54) is 30.3 Å². The number of benzene rings is 2. The highest BCUT2D eigenvalue weighted by Gasteiger charge is 2.40. The van der Waals surface area contributed by atoms with Gasteiger partial charge in [-0.2, -0.15) is 10.5 Å². The van der Waals surface area contributed by atoms with E-state index in [1.54, 1.807) is 18.2 Å². The van der Waals surface area contributed by atoms with Crippen LogP contribution in [0, 0.1) is 22.7 Å². The first-order chi connectivity index (χ1) is 11.6. The average molecular weight is 310 g/mol. The van der Waals surface area contributed by atoms with E-state index in [0.29, 0.717) is 16.7 Å². The van der Waals surface area contributed by atoms with Gasteiger partial charge in [0.2, 0.25) is 11.6 Å². The van der Waals surface area contributed by atoms with Crippen LogP contribution >= 0.6 is 0 Å². The SMILES string of the molecule is N#CC(C#N)=C1C(=O)c2cccc3c2-c2c(cccc21)C(=O)C3=O. The van der Waals surface area contributed by atoms with E-state index in [-0.39, 0.29) is 27.8 Å². The number of carbonyl (C=O) groups is 3. The molecule has 0 amide bonds. The van der Waals surface area contributed by atoms with Crippen LogP contribution in [0.2, 0.25) is 0 Å². The molecule has 0 aliphatic heterocycles. The molecule has 0 unspecified atom stereocenters. The maximum atomic E-state index is 12.9. The van der Waals surface area contributed by atoms with E-state index < -0.39 is 17.3 Å². The molecule has 2 aromatic rings. The van der Waals surface area contributed by atoms with Gasteiger partial charge in [0.05, 0.1) is 5.57 Å². The molecule has 2 aliphatic rings. The third-order valence-electron chi connectivity index (χ3n) is 4.29. The standard InChI is InChI=1S/C19H6N2O3/c20-7-9(8-21)14-10-3-1-5-12-15(10)16-11(17(14)22)4-2-6-13(16)19(24)18(12)23/h1-6H. The van der Waals surface area contributed by atoms with E-state index in [1.807, 2.05) is 0 Å². The Morgan fingerprint density at radius 1 is 0.667 bits per heavy atom. The Kier molecular flexibility index (Phi) is 2.64. The summed E-state index contributed by atoms with van der Waals surface area (Å²) in [6.07, 6.45) is 0. The summed E-state index contributed by atoms with van der Waals surface area (Å²) in [6.45, 7) is 0. The molecule has 0 saturated heterocycles. The molecule has 24 heavy (non-hydrogen) atoms. The average Bonchev–Trinajstić information content (AvgIpc) is 2.62. The molecule has 4 rings (SSSR count). The largest absolute Gasteiger partial charge is 0.288 e. The van der Waals surface area contributed by atoms with Crippen LogP contribution < -0.4 is 0 Å². The van der Waals surface area contributed by atoms with E-state index in [2.05, 4.69) is 0 Å². The summed E-state index contributed by atoms with van der Waals surface area (Å²) in [5, 5.41) is 18.4. The summed E-state index contributed by atoms with van der Waals surface area (Å²) in [7, 11) is 0. The van der Waals surface area contributed by atoms with Crippen molar-refractivity contribution in [1.29, 1.82) is 10.5 Å². The summed E-state index contributed by atoms with van der Waals surface area (Å²) in [5.74, 6) is -1.80. The fourth-order valence-electron chi connectivity index (χ4n) is 3.31. The second-order valence-corrected chi connectivity index (χ2v) is 5.42. The molecule has 5 nitrogen and oxygen atoms in total. The number of nitriles is 2. The van der Waals surface area contributed by atoms with Crippen LogP contribution in [0.25, 0.3) is 16.7 Å². The number of ketones is 3. The summed E-state index contributed by atoms with van der Waals surface area (Å²) >= 11 is 0. The van der Waals surface area contributed by atoms with Crippen molar-refractivity contribution in [2.24, 2.45) is 0 Å². The maximum absolute atomic E-state index is 12.9. The van der Waals surface area contributed by atoms with Crippen LogP contribution in [-0.4, -0.2) is 17.3 Å². The van der Waals surface area contributed by atoms with Gasteiger partial charge >= 0.3 is 0 Å². The third kappa shape index (κ3) is 1.48. The van der Waals surface area contributed by atoms with E-state index in [0.717, 1.165) is 0 Å². The van der Waals surface area contributed by atoms with Crippen molar-refractivity contribution in [3.8, 4) is 23.3 Å². The summed E-state index contributed by atoms with van der Waals surface area (Å²) in [5.41, 5.74) is 1.47. The molecule has 0 saturated carbocycles.